The van der Waals surface area contributed by atoms with E-state index < -0.39 is 23.7 Å². The minimum Gasteiger partial charge on any atom is -0.480 e. The van der Waals surface area contributed by atoms with Crippen LogP contribution in [0.25, 0.3) is 0 Å². The molecule has 0 bridgehead atoms. The highest BCUT2D eigenvalue weighted by molar-refractivity contribution is 6.35. The predicted octanol–water partition coefficient (Wildman–Crippen LogP) is -0.199. The number of carbonyl (C=O) groups excluding carboxylic acids is 2. The number of aliphatic carboxylic acids is 1. The van der Waals surface area contributed by atoms with Crippen LogP contribution in [0.4, 0.5) is 0 Å². The lowest BCUT2D eigenvalue weighted by Crippen LogP contribution is -2.46. The normalized spacial score (nSPS) is 12.3. The SMILES string of the molecule is CC(=O)C(=O)NC(C(=O)O)C(C)C. The summed E-state index contributed by atoms with van der Waals surface area (Å²) in [6.45, 7) is 4.40. The van der Waals surface area contributed by atoms with Gasteiger partial charge >= 0.3 is 5.97 Å². The maximum atomic E-state index is 10.8. The van der Waals surface area contributed by atoms with Gasteiger partial charge in [-0.2, -0.15) is 0 Å². The minimum atomic E-state index is -1.13. The van der Waals surface area contributed by atoms with Crippen LogP contribution in [0.2, 0.25) is 0 Å². The Labute approximate surface area is 76.1 Å². The third-order valence-corrected chi connectivity index (χ3v) is 1.54. The van der Waals surface area contributed by atoms with Crippen LogP contribution in [0, 0.1) is 5.92 Å². The molecule has 0 spiro atoms. The topological polar surface area (TPSA) is 83.5 Å². The lowest BCUT2D eigenvalue weighted by atomic mass is 10.0. The van der Waals surface area contributed by atoms with Gasteiger partial charge in [-0.05, 0) is 5.92 Å². The second-order valence-corrected chi connectivity index (χ2v) is 3.09. The van der Waals surface area contributed by atoms with Crippen LogP contribution in [0.1, 0.15) is 20.8 Å². The predicted molar refractivity (Wildman–Crippen MR) is 45.1 cm³/mol. The molecule has 1 atom stereocenters. The monoisotopic (exact) mass is 187 g/mol. The van der Waals surface area contributed by atoms with E-state index in [2.05, 4.69) is 5.32 Å². The standard InChI is InChI=1S/C8H13NO4/c1-4(2)6(8(12)13)9-7(11)5(3)10/h4,6H,1-3H3,(H,9,11)(H,12,13). The lowest BCUT2D eigenvalue weighted by Gasteiger charge is -2.16. The van der Waals surface area contributed by atoms with Gasteiger partial charge in [0, 0.05) is 6.92 Å². The number of amides is 1. The molecule has 0 fully saturated rings. The third-order valence-electron chi connectivity index (χ3n) is 1.54. The molecule has 0 radical (unpaired) electrons. The molecule has 5 nitrogen and oxygen atoms in total. The maximum Gasteiger partial charge on any atom is 0.326 e. The van der Waals surface area contributed by atoms with Gasteiger partial charge in [-0.15, -0.1) is 0 Å². The van der Waals surface area contributed by atoms with Crippen molar-refractivity contribution in [2.45, 2.75) is 26.8 Å². The van der Waals surface area contributed by atoms with Crippen LogP contribution < -0.4 is 5.32 Å². The van der Waals surface area contributed by atoms with Crippen LogP contribution >= 0.6 is 0 Å². The zero-order valence-corrected chi connectivity index (χ0v) is 7.83. The van der Waals surface area contributed by atoms with Crippen molar-refractivity contribution in [1.29, 1.82) is 0 Å². The van der Waals surface area contributed by atoms with E-state index >= 15 is 0 Å². The van der Waals surface area contributed by atoms with Gasteiger partial charge in [0.05, 0.1) is 0 Å². The van der Waals surface area contributed by atoms with Crippen molar-refractivity contribution in [2.75, 3.05) is 0 Å². The van der Waals surface area contributed by atoms with E-state index in [1.165, 1.54) is 0 Å². The summed E-state index contributed by atoms with van der Waals surface area (Å²) in [6, 6.07) is -1.00. The number of rotatable bonds is 4. The molecule has 0 aliphatic carbocycles. The highest BCUT2D eigenvalue weighted by Crippen LogP contribution is 2.01. The van der Waals surface area contributed by atoms with E-state index in [-0.39, 0.29) is 5.92 Å². The molecule has 5 heteroatoms. The first kappa shape index (κ1) is 11.6. The van der Waals surface area contributed by atoms with Gasteiger partial charge in [0.1, 0.15) is 6.04 Å². The molecule has 0 rings (SSSR count). The Morgan fingerprint density at radius 1 is 1.23 bits per heavy atom. The number of nitrogens with one attached hydrogen (secondary N) is 1. The Morgan fingerprint density at radius 3 is 1.92 bits per heavy atom. The Hall–Kier alpha value is -1.39. The van der Waals surface area contributed by atoms with Crippen LogP contribution in [0.15, 0.2) is 0 Å². The van der Waals surface area contributed by atoms with Gasteiger partial charge in [0.15, 0.2) is 0 Å². The summed E-state index contributed by atoms with van der Waals surface area (Å²) < 4.78 is 0. The van der Waals surface area contributed by atoms with E-state index in [1.54, 1.807) is 13.8 Å². The number of carbonyl (C=O) groups is 3. The van der Waals surface area contributed by atoms with Crippen LogP contribution in [-0.2, 0) is 14.4 Å². The van der Waals surface area contributed by atoms with Crippen molar-refractivity contribution in [1.82, 2.24) is 5.32 Å². The van der Waals surface area contributed by atoms with E-state index in [4.69, 9.17) is 5.11 Å². The average molecular weight is 187 g/mol. The summed E-state index contributed by atoms with van der Waals surface area (Å²) >= 11 is 0. The summed E-state index contributed by atoms with van der Waals surface area (Å²) in [7, 11) is 0. The summed E-state index contributed by atoms with van der Waals surface area (Å²) in [4.78, 5) is 31.9. The van der Waals surface area contributed by atoms with Crippen molar-refractivity contribution in [3.63, 3.8) is 0 Å². The van der Waals surface area contributed by atoms with Crippen LogP contribution in [0.5, 0.6) is 0 Å². The molecule has 74 valence electrons. The number of Topliss-reactive ketones (excluding diaryl/α,β-unsaturated/α-hetero) is 1. The Morgan fingerprint density at radius 2 is 1.69 bits per heavy atom. The second-order valence-electron chi connectivity index (χ2n) is 3.09. The van der Waals surface area contributed by atoms with Gasteiger partial charge in [0.25, 0.3) is 5.91 Å². The molecule has 0 heterocycles. The number of ketones is 1. The minimum absolute atomic E-state index is 0.249. The Balaban J connectivity index is 4.36. The molecule has 0 aromatic carbocycles. The highest BCUT2D eigenvalue weighted by Gasteiger charge is 2.24. The van der Waals surface area contributed by atoms with Gasteiger partial charge in [-0.3, -0.25) is 9.59 Å². The van der Waals surface area contributed by atoms with Crippen molar-refractivity contribution in [3.8, 4) is 0 Å². The van der Waals surface area contributed by atoms with Gasteiger partial charge in [-0.1, -0.05) is 13.8 Å². The van der Waals surface area contributed by atoms with Gasteiger partial charge in [-0.25, -0.2) is 4.79 Å². The fourth-order valence-corrected chi connectivity index (χ4v) is 0.756. The van der Waals surface area contributed by atoms with Crippen LogP contribution in [0.3, 0.4) is 0 Å². The largest absolute Gasteiger partial charge is 0.480 e. The summed E-state index contributed by atoms with van der Waals surface area (Å²) in [5, 5.41) is 10.8. The maximum absolute atomic E-state index is 10.8. The fraction of sp³-hybridized carbons (Fsp3) is 0.625. The molecule has 0 aliphatic rings. The van der Waals surface area contributed by atoms with Crippen molar-refractivity contribution < 1.29 is 19.5 Å². The lowest BCUT2D eigenvalue weighted by molar-refractivity contribution is -0.144. The molecular weight excluding hydrogens is 174 g/mol. The van der Waals surface area contributed by atoms with Gasteiger partial charge < -0.3 is 10.4 Å². The first-order chi connectivity index (χ1) is 5.86. The van der Waals surface area contributed by atoms with Crippen molar-refractivity contribution in [2.24, 2.45) is 5.92 Å². The number of carboxylic acid groups (broad SMARTS) is 1. The summed E-state index contributed by atoms with van der Waals surface area (Å²) in [5.41, 5.74) is 0. The van der Waals surface area contributed by atoms with E-state index in [0.717, 1.165) is 6.92 Å². The first-order valence-corrected chi connectivity index (χ1v) is 3.90. The summed E-state index contributed by atoms with van der Waals surface area (Å²) in [6.07, 6.45) is 0. The molecule has 2 N–H and O–H groups in total. The molecule has 13 heavy (non-hydrogen) atoms. The van der Waals surface area contributed by atoms with E-state index in [9.17, 15) is 14.4 Å². The van der Waals surface area contributed by atoms with Gasteiger partial charge in [0.2, 0.25) is 5.78 Å². The number of hydrogen-bond acceptors (Lipinski definition) is 3. The quantitative estimate of drug-likeness (QED) is 0.597. The smallest absolute Gasteiger partial charge is 0.326 e. The molecule has 0 saturated carbocycles. The molecule has 0 aliphatic heterocycles. The molecule has 0 aromatic heterocycles. The third kappa shape index (κ3) is 3.68. The fourth-order valence-electron chi connectivity index (χ4n) is 0.756. The highest BCUT2D eigenvalue weighted by atomic mass is 16.4. The molecule has 1 unspecified atom stereocenters. The van der Waals surface area contributed by atoms with Crippen molar-refractivity contribution in [3.05, 3.63) is 0 Å². The van der Waals surface area contributed by atoms with Crippen LogP contribution in [-0.4, -0.2) is 28.8 Å². The number of hydrogen-bond donors (Lipinski definition) is 2. The first-order valence-electron chi connectivity index (χ1n) is 3.90. The summed E-state index contributed by atoms with van der Waals surface area (Å²) in [5.74, 6) is -2.93. The molecule has 0 aromatic rings. The average Bonchev–Trinajstić information content (AvgIpc) is 1.97. The second kappa shape index (κ2) is 4.59. The molecular formula is C8H13NO4. The molecule has 0 saturated heterocycles. The number of carboxylic acids is 1. The molecule has 1 amide bonds. The Kier molecular flexibility index (Phi) is 4.10. The van der Waals surface area contributed by atoms with E-state index in [0.29, 0.717) is 0 Å². The van der Waals surface area contributed by atoms with Crippen molar-refractivity contribution >= 4 is 17.7 Å². The Bertz CT molecular complexity index is 234. The van der Waals surface area contributed by atoms with E-state index in [1.807, 2.05) is 0 Å². The zero-order chi connectivity index (χ0) is 10.6. The zero-order valence-electron chi connectivity index (χ0n) is 7.83.